The van der Waals surface area contributed by atoms with Crippen molar-refractivity contribution in [2.75, 3.05) is 37.9 Å². The highest BCUT2D eigenvalue weighted by atomic mass is 16.7. The van der Waals surface area contributed by atoms with Crippen LogP contribution in [0.25, 0.3) is 0 Å². The average Bonchev–Trinajstić information content (AvgIpc) is 3.38. The van der Waals surface area contributed by atoms with Crippen LogP contribution in [0.3, 0.4) is 0 Å². The lowest BCUT2D eigenvalue weighted by Crippen LogP contribution is -2.52. The van der Waals surface area contributed by atoms with Crippen molar-refractivity contribution < 1.29 is 29.0 Å². The normalized spacial score (nSPS) is 21.4. The van der Waals surface area contributed by atoms with Crippen LogP contribution in [0.2, 0.25) is 0 Å². The summed E-state index contributed by atoms with van der Waals surface area (Å²) in [5, 5.41) is 9.04. The number of imide groups is 1. The number of benzene rings is 2. The molecule has 3 aliphatic heterocycles. The first-order chi connectivity index (χ1) is 15.5. The number of amides is 2. The summed E-state index contributed by atoms with van der Waals surface area (Å²) in [6.45, 7) is 4.01. The molecule has 9 nitrogen and oxygen atoms in total. The van der Waals surface area contributed by atoms with Crippen LogP contribution >= 0.6 is 0 Å². The van der Waals surface area contributed by atoms with Crippen LogP contribution in [0.4, 0.5) is 5.69 Å². The van der Waals surface area contributed by atoms with E-state index in [0.29, 0.717) is 18.8 Å². The number of hydrogen-bond donors (Lipinski definition) is 1. The third-order valence-corrected chi connectivity index (χ3v) is 6.19. The van der Waals surface area contributed by atoms with Gasteiger partial charge in [0.15, 0.2) is 11.5 Å². The summed E-state index contributed by atoms with van der Waals surface area (Å²) in [5.41, 5.74) is 1.67. The molecule has 166 valence electrons. The van der Waals surface area contributed by atoms with E-state index in [1.807, 2.05) is 18.2 Å². The van der Waals surface area contributed by atoms with E-state index in [0.717, 1.165) is 36.7 Å². The topological polar surface area (TPSA) is 99.6 Å². The minimum atomic E-state index is -1.05. The van der Waals surface area contributed by atoms with Gasteiger partial charge in [0, 0.05) is 32.7 Å². The van der Waals surface area contributed by atoms with E-state index in [2.05, 4.69) is 9.80 Å². The van der Waals surface area contributed by atoms with Gasteiger partial charge in [-0.3, -0.25) is 19.4 Å². The molecule has 0 aliphatic carbocycles. The molecule has 0 bridgehead atoms. The first kappa shape index (κ1) is 20.5. The van der Waals surface area contributed by atoms with Crippen molar-refractivity contribution in [3.8, 4) is 11.5 Å². The minimum Gasteiger partial charge on any atom is -0.478 e. The standard InChI is InChI=1S/C23H23N3O6/c27-21-12-18(22(28)26(21)17-4-2-16(3-5-17)23(29)30)25-9-7-24(8-10-25)13-15-1-6-19-20(11-15)32-14-31-19/h1-6,11,18H,7-10,12-14H2,(H,29,30)/t18-/m0/s1. The summed E-state index contributed by atoms with van der Waals surface area (Å²) < 4.78 is 10.8. The maximum atomic E-state index is 13.0. The lowest BCUT2D eigenvalue weighted by Gasteiger charge is -2.37. The number of fused-ring (bicyclic) bond motifs is 1. The molecular weight excluding hydrogens is 414 g/mol. The minimum absolute atomic E-state index is 0.114. The van der Waals surface area contributed by atoms with Gasteiger partial charge in [-0.05, 0) is 42.0 Å². The molecule has 2 aromatic rings. The number of ether oxygens (including phenoxy) is 2. The molecule has 3 heterocycles. The summed E-state index contributed by atoms with van der Waals surface area (Å²) in [6.07, 6.45) is 0.141. The predicted octanol–water partition coefficient (Wildman–Crippen LogP) is 1.56. The number of nitrogens with zero attached hydrogens (tertiary/aromatic N) is 3. The second-order valence-corrected chi connectivity index (χ2v) is 8.14. The van der Waals surface area contributed by atoms with Crippen molar-refractivity contribution in [3.05, 3.63) is 53.6 Å². The van der Waals surface area contributed by atoms with E-state index >= 15 is 0 Å². The van der Waals surface area contributed by atoms with E-state index in [4.69, 9.17) is 14.6 Å². The number of carboxylic acids is 1. The zero-order valence-corrected chi connectivity index (χ0v) is 17.4. The number of carboxylic acid groups (broad SMARTS) is 1. The van der Waals surface area contributed by atoms with Gasteiger partial charge in [-0.15, -0.1) is 0 Å². The lowest BCUT2D eigenvalue weighted by atomic mass is 10.1. The van der Waals surface area contributed by atoms with Crippen LogP contribution in [-0.4, -0.2) is 71.7 Å². The quantitative estimate of drug-likeness (QED) is 0.704. The molecule has 1 N–H and O–H groups in total. The van der Waals surface area contributed by atoms with Crippen LogP contribution in [-0.2, 0) is 16.1 Å². The zero-order valence-electron chi connectivity index (χ0n) is 17.4. The molecule has 0 spiro atoms. The van der Waals surface area contributed by atoms with Crippen LogP contribution in [0.1, 0.15) is 22.3 Å². The SMILES string of the molecule is O=C(O)c1ccc(N2C(=O)C[C@H](N3CCN(Cc4ccc5c(c4)OCO5)CC3)C2=O)cc1. The number of hydrogen-bond acceptors (Lipinski definition) is 7. The number of anilines is 1. The van der Waals surface area contributed by atoms with Crippen LogP contribution in [0.15, 0.2) is 42.5 Å². The van der Waals surface area contributed by atoms with Gasteiger partial charge in [-0.25, -0.2) is 9.69 Å². The van der Waals surface area contributed by atoms with Crippen LogP contribution < -0.4 is 14.4 Å². The number of piperazine rings is 1. The predicted molar refractivity (Wildman–Crippen MR) is 114 cm³/mol. The lowest BCUT2D eigenvalue weighted by molar-refractivity contribution is -0.123. The van der Waals surface area contributed by atoms with Crippen molar-refractivity contribution in [1.29, 1.82) is 0 Å². The molecule has 2 fully saturated rings. The molecule has 0 unspecified atom stereocenters. The first-order valence-corrected chi connectivity index (χ1v) is 10.5. The fourth-order valence-corrected chi connectivity index (χ4v) is 4.46. The molecule has 1 atom stereocenters. The Morgan fingerprint density at radius 2 is 1.69 bits per heavy atom. The molecule has 2 saturated heterocycles. The molecule has 5 rings (SSSR count). The second-order valence-electron chi connectivity index (χ2n) is 8.14. The van der Waals surface area contributed by atoms with Crippen molar-refractivity contribution >= 4 is 23.5 Å². The molecule has 0 saturated carbocycles. The molecule has 9 heteroatoms. The highest BCUT2D eigenvalue weighted by molar-refractivity contribution is 6.22. The van der Waals surface area contributed by atoms with Crippen molar-refractivity contribution in [1.82, 2.24) is 9.80 Å². The number of aromatic carboxylic acids is 1. The molecule has 0 radical (unpaired) electrons. The summed E-state index contributed by atoms with van der Waals surface area (Å²) in [4.78, 5) is 42.2. The van der Waals surface area contributed by atoms with Gasteiger partial charge in [-0.1, -0.05) is 6.07 Å². The molecular formula is C23H23N3O6. The van der Waals surface area contributed by atoms with E-state index in [1.54, 1.807) is 0 Å². The van der Waals surface area contributed by atoms with E-state index < -0.39 is 12.0 Å². The number of rotatable bonds is 5. The summed E-state index contributed by atoms with van der Waals surface area (Å²) in [5.74, 6) is -0.0157. The third-order valence-electron chi connectivity index (χ3n) is 6.19. The Bertz CT molecular complexity index is 1060. The van der Waals surface area contributed by atoms with Gasteiger partial charge in [0.1, 0.15) is 0 Å². The maximum Gasteiger partial charge on any atom is 0.335 e. The van der Waals surface area contributed by atoms with E-state index in [9.17, 15) is 14.4 Å². The van der Waals surface area contributed by atoms with Crippen LogP contribution in [0, 0.1) is 0 Å². The fourth-order valence-electron chi connectivity index (χ4n) is 4.46. The van der Waals surface area contributed by atoms with Gasteiger partial charge >= 0.3 is 5.97 Å². The second kappa shape index (κ2) is 8.25. The van der Waals surface area contributed by atoms with E-state index in [1.165, 1.54) is 29.2 Å². The smallest absolute Gasteiger partial charge is 0.335 e. The van der Waals surface area contributed by atoms with Crippen molar-refractivity contribution in [3.63, 3.8) is 0 Å². The Labute approximate surface area is 184 Å². The molecule has 3 aliphatic rings. The Morgan fingerprint density at radius 3 is 2.41 bits per heavy atom. The summed E-state index contributed by atoms with van der Waals surface area (Å²) in [6, 6.07) is 11.3. The number of carbonyl (C=O) groups is 3. The first-order valence-electron chi connectivity index (χ1n) is 10.5. The Balaban J connectivity index is 1.20. The average molecular weight is 437 g/mol. The molecule has 32 heavy (non-hydrogen) atoms. The fraction of sp³-hybridized carbons (Fsp3) is 0.348. The van der Waals surface area contributed by atoms with Crippen molar-refractivity contribution in [2.24, 2.45) is 0 Å². The highest BCUT2D eigenvalue weighted by Gasteiger charge is 2.43. The monoisotopic (exact) mass is 437 g/mol. The molecule has 0 aromatic heterocycles. The van der Waals surface area contributed by atoms with Crippen molar-refractivity contribution in [2.45, 2.75) is 19.0 Å². The molecule has 2 amide bonds. The Hall–Kier alpha value is -3.43. The largest absolute Gasteiger partial charge is 0.478 e. The molecule has 2 aromatic carbocycles. The van der Waals surface area contributed by atoms with Gasteiger partial charge in [0.2, 0.25) is 12.7 Å². The van der Waals surface area contributed by atoms with Gasteiger partial charge in [0.25, 0.3) is 5.91 Å². The van der Waals surface area contributed by atoms with Gasteiger partial charge in [0.05, 0.1) is 23.7 Å². The van der Waals surface area contributed by atoms with E-state index in [-0.39, 0.29) is 30.6 Å². The van der Waals surface area contributed by atoms with Crippen LogP contribution in [0.5, 0.6) is 11.5 Å². The highest BCUT2D eigenvalue weighted by Crippen LogP contribution is 2.33. The Morgan fingerprint density at radius 1 is 0.969 bits per heavy atom. The summed E-state index contributed by atoms with van der Waals surface area (Å²) in [7, 11) is 0. The number of carbonyl (C=O) groups excluding carboxylic acids is 2. The Kier molecular flexibility index (Phi) is 5.28. The summed E-state index contributed by atoms with van der Waals surface area (Å²) >= 11 is 0. The zero-order chi connectivity index (χ0) is 22.2. The maximum absolute atomic E-state index is 13.0. The third kappa shape index (κ3) is 3.80. The van der Waals surface area contributed by atoms with Gasteiger partial charge < -0.3 is 14.6 Å². The van der Waals surface area contributed by atoms with Gasteiger partial charge in [-0.2, -0.15) is 0 Å².